The Hall–Kier alpha value is -1.59. The Morgan fingerprint density at radius 1 is 1.50 bits per heavy atom. The van der Waals surface area contributed by atoms with Crippen molar-refractivity contribution in [3.8, 4) is 0 Å². The molecule has 2 aromatic rings. The Bertz CT molecular complexity index is 521. The van der Waals surface area contributed by atoms with Crippen LogP contribution in [-0.4, -0.2) is 34.2 Å². The number of imidazole rings is 1. The summed E-state index contributed by atoms with van der Waals surface area (Å²) in [6, 6.07) is 5.89. The van der Waals surface area contributed by atoms with Crippen molar-refractivity contribution in [1.82, 2.24) is 9.38 Å². The highest BCUT2D eigenvalue weighted by Crippen LogP contribution is 2.20. The summed E-state index contributed by atoms with van der Waals surface area (Å²) in [7, 11) is 1.98. The van der Waals surface area contributed by atoms with Gasteiger partial charge >= 0.3 is 0 Å². The van der Waals surface area contributed by atoms with Crippen LogP contribution in [0, 0.1) is 0 Å². The van der Waals surface area contributed by atoms with Crippen LogP contribution in [0.1, 0.15) is 19.0 Å². The van der Waals surface area contributed by atoms with E-state index in [0.717, 1.165) is 23.7 Å². The summed E-state index contributed by atoms with van der Waals surface area (Å²) in [6.45, 7) is 3.00. The standard InChI is InChI=1S/C13H20N4O/c1-10(18)6-8-16(2)13-11(9-14)17-7-4-3-5-12(17)15-13/h3-5,7,10,18H,6,8-9,14H2,1-2H3. The molecule has 0 radical (unpaired) electrons. The normalized spacial score (nSPS) is 12.9. The molecule has 5 nitrogen and oxygen atoms in total. The molecule has 0 saturated heterocycles. The first-order valence-corrected chi connectivity index (χ1v) is 6.18. The van der Waals surface area contributed by atoms with Gasteiger partial charge in [-0.2, -0.15) is 0 Å². The molecule has 0 aliphatic carbocycles. The lowest BCUT2D eigenvalue weighted by atomic mass is 10.2. The molecular weight excluding hydrogens is 228 g/mol. The van der Waals surface area contributed by atoms with Crippen LogP contribution in [0.25, 0.3) is 5.65 Å². The number of hydrogen-bond acceptors (Lipinski definition) is 4. The number of nitrogens with zero attached hydrogens (tertiary/aromatic N) is 3. The van der Waals surface area contributed by atoms with Crippen LogP contribution in [0.3, 0.4) is 0 Å². The molecule has 0 saturated carbocycles. The van der Waals surface area contributed by atoms with Gasteiger partial charge in [0.15, 0.2) is 5.82 Å². The lowest BCUT2D eigenvalue weighted by Crippen LogP contribution is -2.23. The van der Waals surface area contributed by atoms with Gasteiger partial charge in [-0.1, -0.05) is 6.07 Å². The highest BCUT2D eigenvalue weighted by atomic mass is 16.3. The first kappa shape index (κ1) is 12.9. The number of hydrogen-bond donors (Lipinski definition) is 2. The third-order valence-corrected chi connectivity index (χ3v) is 3.04. The Morgan fingerprint density at radius 2 is 2.28 bits per heavy atom. The Labute approximate surface area is 107 Å². The van der Waals surface area contributed by atoms with E-state index >= 15 is 0 Å². The molecule has 2 rings (SSSR count). The lowest BCUT2D eigenvalue weighted by Gasteiger charge is -2.18. The zero-order valence-corrected chi connectivity index (χ0v) is 10.9. The van der Waals surface area contributed by atoms with E-state index in [1.54, 1.807) is 6.92 Å². The Kier molecular flexibility index (Phi) is 3.84. The van der Waals surface area contributed by atoms with E-state index in [9.17, 15) is 5.11 Å². The second kappa shape index (κ2) is 5.37. The Morgan fingerprint density at radius 3 is 2.94 bits per heavy atom. The third-order valence-electron chi connectivity index (χ3n) is 3.04. The zero-order valence-electron chi connectivity index (χ0n) is 10.9. The van der Waals surface area contributed by atoms with E-state index < -0.39 is 0 Å². The van der Waals surface area contributed by atoms with Crippen molar-refractivity contribution in [1.29, 1.82) is 0 Å². The monoisotopic (exact) mass is 248 g/mol. The van der Waals surface area contributed by atoms with Crippen LogP contribution in [0.5, 0.6) is 0 Å². The zero-order chi connectivity index (χ0) is 13.1. The van der Waals surface area contributed by atoms with Gasteiger partial charge in [0, 0.05) is 26.3 Å². The fourth-order valence-corrected chi connectivity index (χ4v) is 2.02. The fraction of sp³-hybridized carbons (Fsp3) is 0.462. The summed E-state index contributed by atoms with van der Waals surface area (Å²) in [6.07, 6.45) is 2.39. The second-order valence-corrected chi connectivity index (χ2v) is 4.57. The molecular formula is C13H20N4O. The van der Waals surface area contributed by atoms with Gasteiger partial charge in [0.25, 0.3) is 0 Å². The van der Waals surface area contributed by atoms with Gasteiger partial charge in [-0.05, 0) is 25.5 Å². The van der Waals surface area contributed by atoms with Crippen molar-refractivity contribution < 1.29 is 5.11 Å². The predicted molar refractivity (Wildman–Crippen MR) is 72.7 cm³/mol. The highest BCUT2D eigenvalue weighted by molar-refractivity contribution is 5.55. The van der Waals surface area contributed by atoms with Crippen LogP contribution in [0.2, 0.25) is 0 Å². The number of pyridine rings is 1. The van der Waals surface area contributed by atoms with E-state index in [1.165, 1.54) is 0 Å². The number of nitrogens with two attached hydrogens (primary N) is 1. The van der Waals surface area contributed by atoms with Gasteiger partial charge in [-0.15, -0.1) is 0 Å². The summed E-state index contributed by atoms with van der Waals surface area (Å²) < 4.78 is 2.01. The molecule has 98 valence electrons. The maximum atomic E-state index is 9.34. The van der Waals surface area contributed by atoms with Gasteiger partial charge in [0.05, 0.1) is 11.8 Å². The molecule has 0 aromatic carbocycles. The van der Waals surface area contributed by atoms with Crippen LogP contribution in [0.4, 0.5) is 5.82 Å². The van der Waals surface area contributed by atoms with Gasteiger partial charge in [-0.3, -0.25) is 0 Å². The van der Waals surface area contributed by atoms with Crippen LogP contribution in [-0.2, 0) is 6.54 Å². The van der Waals surface area contributed by atoms with Crippen molar-refractivity contribution in [2.24, 2.45) is 5.73 Å². The minimum atomic E-state index is -0.300. The topological polar surface area (TPSA) is 66.8 Å². The van der Waals surface area contributed by atoms with E-state index in [0.29, 0.717) is 13.0 Å². The average Bonchev–Trinajstić information content (AvgIpc) is 2.74. The molecule has 5 heteroatoms. The molecule has 2 heterocycles. The molecule has 1 atom stereocenters. The van der Waals surface area contributed by atoms with E-state index in [1.807, 2.05) is 40.7 Å². The number of aliphatic hydroxyl groups excluding tert-OH is 1. The quantitative estimate of drug-likeness (QED) is 0.828. The third kappa shape index (κ3) is 2.47. The van der Waals surface area contributed by atoms with Crippen molar-refractivity contribution in [3.63, 3.8) is 0 Å². The summed E-state index contributed by atoms with van der Waals surface area (Å²) in [5.74, 6) is 0.893. The van der Waals surface area contributed by atoms with Crippen molar-refractivity contribution in [2.45, 2.75) is 26.0 Å². The van der Waals surface area contributed by atoms with Crippen LogP contribution in [0.15, 0.2) is 24.4 Å². The van der Waals surface area contributed by atoms with Gasteiger partial charge in [0.1, 0.15) is 5.65 Å². The summed E-state index contributed by atoms with van der Waals surface area (Å²) in [5.41, 5.74) is 7.72. The molecule has 0 spiro atoms. The second-order valence-electron chi connectivity index (χ2n) is 4.57. The first-order chi connectivity index (χ1) is 8.63. The molecule has 0 aliphatic heterocycles. The predicted octanol–water partition coefficient (Wildman–Crippen LogP) is 1.00. The smallest absolute Gasteiger partial charge is 0.152 e. The molecule has 3 N–H and O–H groups in total. The van der Waals surface area contributed by atoms with Crippen LogP contribution < -0.4 is 10.6 Å². The average molecular weight is 248 g/mol. The molecule has 18 heavy (non-hydrogen) atoms. The minimum Gasteiger partial charge on any atom is -0.393 e. The first-order valence-electron chi connectivity index (χ1n) is 6.18. The molecule has 0 aliphatic rings. The number of rotatable bonds is 5. The van der Waals surface area contributed by atoms with E-state index in [4.69, 9.17) is 5.73 Å². The Balaban J connectivity index is 2.31. The summed E-state index contributed by atoms with van der Waals surface area (Å²) >= 11 is 0. The van der Waals surface area contributed by atoms with Crippen molar-refractivity contribution >= 4 is 11.5 Å². The van der Waals surface area contributed by atoms with Gasteiger partial charge < -0.3 is 20.1 Å². The highest BCUT2D eigenvalue weighted by Gasteiger charge is 2.14. The molecule has 0 amide bonds. The number of aromatic nitrogens is 2. The number of fused-ring (bicyclic) bond motifs is 1. The fourth-order valence-electron chi connectivity index (χ4n) is 2.02. The summed E-state index contributed by atoms with van der Waals surface area (Å²) in [4.78, 5) is 6.63. The van der Waals surface area contributed by atoms with Crippen LogP contribution >= 0.6 is 0 Å². The van der Waals surface area contributed by atoms with Crippen molar-refractivity contribution in [3.05, 3.63) is 30.1 Å². The molecule has 2 aromatic heterocycles. The minimum absolute atomic E-state index is 0.300. The van der Waals surface area contributed by atoms with E-state index in [-0.39, 0.29) is 6.10 Å². The van der Waals surface area contributed by atoms with Gasteiger partial charge in [-0.25, -0.2) is 4.98 Å². The molecule has 0 bridgehead atoms. The largest absolute Gasteiger partial charge is 0.393 e. The van der Waals surface area contributed by atoms with E-state index in [2.05, 4.69) is 4.98 Å². The lowest BCUT2D eigenvalue weighted by molar-refractivity contribution is 0.187. The van der Waals surface area contributed by atoms with Crippen molar-refractivity contribution in [2.75, 3.05) is 18.5 Å². The SMILES string of the molecule is CC(O)CCN(C)c1nc2ccccn2c1CN. The number of aliphatic hydroxyl groups is 1. The number of anilines is 1. The molecule has 1 unspecified atom stereocenters. The maximum Gasteiger partial charge on any atom is 0.152 e. The maximum absolute atomic E-state index is 9.34. The van der Waals surface area contributed by atoms with Gasteiger partial charge in [0.2, 0.25) is 0 Å². The summed E-state index contributed by atoms with van der Waals surface area (Å²) in [5, 5.41) is 9.34. The molecule has 0 fully saturated rings.